The van der Waals surface area contributed by atoms with E-state index in [0.29, 0.717) is 12.3 Å². The second kappa shape index (κ2) is 4.26. The van der Waals surface area contributed by atoms with Gasteiger partial charge in [0.25, 0.3) is 0 Å². The molecule has 0 aliphatic heterocycles. The van der Waals surface area contributed by atoms with Gasteiger partial charge in [-0.2, -0.15) is 0 Å². The fraction of sp³-hybridized carbons (Fsp3) is 0.833. The first-order valence-corrected chi connectivity index (χ1v) is 5.35. The fourth-order valence-electron chi connectivity index (χ4n) is 2.09. The van der Waals surface area contributed by atoms with Crippen molar-refractivity contribution in [1.82, 2.24) is 0 Å². The highest BCUT2D eigenvalue weighted by molar-refractivity contribution is 4.86. The fourth-order valence-corrected chi connectivity index (χ4v) is 2.09. The second-order valence-corrected chi connectivity index (χ2v) is 4.76. The topological polar surface area (TPSA) is 0 Å². The van der Waals surface area contributed by atoms with E-state index in [1.807, 2.05) is 6.08 Å². The molecule has 1 heteroatoms. The molecule has 1 saturated carbocycles. The normalized spacial score (nSPS) is 31.9. The van der Waals surface area contributed by atoms with E-state index in [1.54, 1.807) is 6.92 Å². The summed E-state index contributed by atoms with van der Waals surface area (Å²) in [5, 5.41) is 0. The van der Waals surface area contributed by atoms with Gasteiger partial charge in [0.15, 0.2) is 0 Å². The molecule has 1 rings (SSSR count). The number of halogens is 1. The summed E-state index contributed by atoms with van der Waals surface area (Å²) in [4.78, 5) is 0. The van der Waals surface area contributed by atoms with Crippen molar-refractivity contribution in [2.75, 3.05) is 0 Å². The highest BCUT2D eigenvalue weighted by Gasteiger charge is 2.34. The van der Waals surface area contributed by atoms with Crippen molar-refractivity contribution in [3.8, 4) is 0 Å². The van der Waals surface area contributed by atoms with Gasteiger partial charge in [0.2, 0.25) is 0 Å². The van der Waals surface area contributed by atoms with Gasteiger partial charge >= 0.3 is 0 Å². The zero-order valence-corrected chi connectivity index (χ0v) is 8.85. The molecule has 0 aromatic heterocycles. The van der Waals surface area contributed by atoms with Gasteiger partial charge in [-0.15, -0.1) is 6.58 Å². The lowest BCUT2D eigenvalue weighted by Gasteiger charge is -2.37. The molecule has 3 atom stereocenters. The maximum atomic E-state index is 13.9. The van der Waals surface area contributed by atoms with E-state index in [-0.39, 0.29) is 0 Å². The molecule has 0 saturated heterocycles. The number of allylic oxidation sites excluding steroid dienone is 1. The van der Waals surface area contributed by atoms with Crippen LogP contribution in [0.3, 0.4) is 0 Å². The maximum Gasteiger partial charge on any atom is 0.108 e. The van der Waals surface area contributed by atoms with Crippen LogP contribution in [0.1, 0.15) is 46.0 Å². The predicted molar refractivity (Wildman–Crippen MR) is 55.4 cm³/mol. The molecule has 0 spiro atoms. The van der Waals surface area contributed by atoms with Gasteiger partial charge in [0, 0.05) is 0 Å². The molecule has 1 fully saturated rings. The van der Waals surface area contributed by atoms with Crippen LogP contribution in [0.5, 0.6) is 0 Å². The van der Waals surface area contributed by atoms with Gasteiger partial charge in [0.1, 0.15) is 5.67 Å². The van der Waals surface area contributed by atoms with Crippen molar-refractivity contribution in [1.29, 1.82) is 0 Å². The third-order valence-corrected chi connectivity index (χ3v) is 3.36. The van der Waals surface area contributed by atoms with Crippen LogP contribution >= 0.6 is 0 Å². The summed E-state index contributed by atoms with van der Waals surface area (Å²) in [6, 6.07) is 0. The minimum absolute atomic E-state index is 0.639. The first-order valence-electron chi connectivity index (χ1n) is 5.35. The van der Waals surface area contributed by atoms with Crippen molar-refractivity contribution in [2.45, 2.75) is 51.6 Å². The summed E-state index contributed by atoms with van der Waals surface area (Å²) in [7, 11) is 0. The molecule has 0 N–H and O–H groups in total. The van der Waals surface area contributed by atoms with Crippen LogP contribution in [0.25, 0.3) is 0 Å². The Morgan fingerprint density at radius 2 is 2.23 bits per heavy atom. The Labute approximate surface area is 81.2 Å². The van der Waals surface area contributed by atoms with Crippen LogP contribution in [0.2, 0.25) is 0 Å². The van der Waals surface area contributed by atoms with Crippen LogP contribution in [0.15, 0.2) is 12.7 Å². The zero-order chi connectivity index (χ0) is 9.90. The molecule has 13 heavy (non-hydrogen) atoms. The highest BCUT2D eigenvalue weighted by Crippen LogP contribution is 2.41. The number of hydrogen-bond acceptors (Lipinski definition) is 0. The highest BCUT2D eigenvalue weighted by atomic mass is 19.1. The summed E-state index contributed by atoms with van der Waals surface area (Å²) in [6.07, 6.45) is 6.52. The summed E-state index contributed by atoms with van der Waals surface area (Å²) in [5.74, 6) is 1.39. The van der Waals surface area contributed by atoms with E-state index in [0.717, 1.165) is 18.8 Å². The van der Waals surface area contributed by atoms with E-state index in [4.69, 9.17) is 0 Å². The van der Waals surface area contributed by atoms with E-state index >= 15 is 0 Å². The van der Waals surface area contributed by atoms with Gasteiger partial charge in [0.05, 0.1) is 0 Å². The first-order chi connectivity index (χ1) is 6.05. The molecule has 1 aliphatic rings. The molecular weight excluding hydrogens is 163 g/mol. The van der Waals surface area contributed by atoms with Crippen LogP contribution in [0, 0.1) is 11.8 Å². The second-order valence-electron chi connectivity index (χ2n) is 4.76. The van der Waals surface area contributed by atoms with Gasteiger partial charge < -0.3 is 0 Å². The molecule has 76 valence electrons. The van der Waals surface area contributed by atoms with Crippen molar-refractivity contribution >= 4 is 0 Å². The van der Waals surface area contributed by atoms with Crippen molar-refractivity contribution in [2.24, 2.45) is 11.8 Å². The Bertz CT molecular complexity index is 172. The molecule has 0 bridgehead atoms. The molecule has 0 aromatic carbocycles. The summed E-state index contributed by atoms with van der Waals surface area (Å²) in [6.45, 7) is 7.60. The molecular formula is C12H21F. The van der Waals surface area contributed by atoms with Crippen LogP contribution in [0.4, 0.5) is 4.39 Å². The molecule has 3 unspecified atom stereocenters. The minimum atomic E-state index is -0.965. The van der Waals surface area contributed by atoms with Gasteiger partial charge in [-0.3, -0.25) is 0 Å². The summed E-state index contributed by atoms with van der Waals surface area (Å²) < 4.78 is 13.9. The molecule has 0 heterocycles. The minimum Gasteiger partial charge on any atom is -0.244 e. The molecule has 0 radical (unpaired) electrons. The molecule has 0 aromatic rings. The Hall–Kier alpha value is -0.330. The van der Waals surface area contributed by atoms with Crippen LogP contribution in [-0.4, -0.2) is 5.67 Å². The van der Waals surface area contributed by atoms with E-state index in [9.17, 15) is 4.39 Å². The zero-order valence-electron chi connectivity index (χ0n) is 8.85. The third-order valence-electron chi connectivity index (χ3n) is 3.36. The summed E-state index contributed by atoms with van der Waals surface area (Å²) in [5.41, 5.74) is -0.965. The van der Waals surface area contributed by atoms with Crippen LogP contribution in [-0.2, 0) is 0 Å². The Morgan fingerprint density at radius 1 is 1.54 bits per heavy atom. The van der Waals surface area contributed by atoms with E-state index in [1.165, 1.54) is 12.8 Å². The number of hydrogen-bond donors (Lipinski definition) is 0. The monoisotopic (exact) mass is 184 g/mol. The summed E-state index contributed by atoms with van der Waals surface area (Å²) >= 11 is 0. The van der Waals surface area contributed by atoms with Crippen LogP contribution < -0.4 is 0 Å². The number of rotatable bonds is 5. The lowest BCUT2D eigenvalue weighted by atomic mass is 9.70. The predicted octanol–water partition coefficient (Wildman–Crippen LogP) is 4.12. The SMILES string of the molecule is C=CCCC(C)(F)CC1CCC1C. The quantitative estimate of drug-likeness (QED) is 0.564. The van der Waals surface area contributed by atoms with Gasteiger partial charge in [-0.25, -0.2) is 4.39 Å². The van der Waals surface area contributed by atoms with E-state index < -0.39 is 5.67 Å². The average molecular weight is 184 g/mol. The van der Waals surface area contributed by atoms with Crippen molar-refractivity contribution in [3.63, 3.8) is 0 Å². The van der Waals surface area contributed by atoms with Crippen molar-refractivity contribution in [3.05, 3.63) is 12.7 Å². The molecule has 1 aliphatic carbocycles. The Kier molecular flexibility index (Phi) is 3.52. The lowest BCUT2D eigenvalue weighted by Crippen LogP contribution is -2.31. The standard InChI is InChI=1S/C12H21F/c1-4-5-8-12(3,13)9-11-7-6-10(11)2/h4,10-11H,1,5-9H2,2-3H3. The Morgan fingerprint density at radius 3 is 2.62 bits per heavy atom. The average Bonchev–Trinajstić information content (AvgIpc) is 2.09. The molecule has 0 nitrogen and oxygen atoms in total. The lowest BCUT2D eigenvalue weighted by molar-refractivity contribution is 0.0719. The third kappa shape index (κ3) is 3.13. The number of alkyl halides is 1. The van der Waals surface area contributed by atoms with Crippen molar-refractivity contribution < 1.29 is 4.39 Å². The first kappa shape index (κ1) is 10.7. The van der Waals surface area contributed by atoms with E-state index in [2.05, 4.69) is 13.5 Å². The van der Waals surface area contributed by atoms with Gasteiger partial charge in [-0.05, 0) is 44.4 Å². The smallest absolute Gasteiger partial charge is 0.108 e. The maximum absolute atomic E-state index is 13.9. The Balaban J connectivity index is 2.28. The van der Waals surface area contributed by atoms with Gasteiger partial charge in [-0.1, -0.05) is 19.4 Å². The largest absolute Gasteiger partial charge is 0.244 e. The molecule has 0 amide bonds.